The number of unbranched alkanes of at least 4 members (excludes halogenated alkanes) is 1. The highest BCUT2D eigenvalue weighted by molar-refractivity contribution is 5.72. The zero-order valence-electron chi connectivity index (χ0n) is 8.01. The Morgan fingerprint density at radius 2 is 2.17 bits per heavy atom. The molecule has 0 saturated carbocycles. The van der Waals surface area contributed by atoms with Crippen molar-refractivity contribution in [3.63, 3.8) is 0 Å². The van der Waals surface area contributed by atoms with Crippen LogP contribution in [0.2, 0.25) is 0 Å². The number of nitrogens with two attached hydrogens (primary N) is 1. The van der Waals surface area contributed by atoms with Crippen LogP contribution in [0.3, 0.4) is 0 Å². The van der Waals surface area contributed by atoms with Gasteiger partial charge in [0.15, 0.2) is 0 Å². The Hall–Kier alpha value is -0.570. The fourth-order valence-corrected chi connectivity index (χ4v) is 1.04. The Balaban J connectivity index is 3.71. The Morgan fingerprint density at radius 3 is 2.58 bits per heavy atom. The molecule has 0 heterocycles. The van der Waals surface area contributed by atoms with E-state index in [0.717, 1.165) is 19.3 Å². The molecule has 0 aromatic carbocycles. The molecule has 0 bridgehead atoms. The minimum Gasteiger partial charge on any atom is -0.466 e. The van der Waals surface area contributed by atoms with Gasteiger partial charge in [-0.25, -0.2) is 0 Å². The molecule has 0 radical (unpaired) electrons. The van der Waals surface area contributed by atoms with E-state index < -0.39 is 0 Å². The summed E-state index contributed by atoms with van der Waals surface area (Å²) in [5, 5.41) is 0. The zero-order chi connectivity index (χ0) is 9.40. The first-order chi connectivity index (χ1) is 5.76. The SMILES string of the molecule is CCCCC(CN)C(=O)OCC. The van der Waals surface area contributed by atoms with Crippen LogP contribution in [0.4, 0.5) is 0 Å². The number of rotatable bonds is 6. The van der Waals surface area contributed by atoms with Gasteiger partial charge in [-0.05, 0) is 13.3 Å². The molecule has 0 aliphatic carbocycles. The lowest BCUT2D eigenvalue weighted by atomic mass is 10.0. The van der Waals surface area contributed by atoms with E-state index in [1.54, 1.807) is 0 Å². The molecule has 0 spiro atoms. The average molecular weight is 173 g/mol. The molecule has 0 saturated heterocycles. The van der Waals surface area contributed by atoms with Crippen LogP contribution in [0.25, 0.3) is 0 Å². The van der Waals surface area contributed by atoms with Gasteiger partial charge < -0.3 is 10.5 Å². The first-order valence-corrected chi connectivity index (χ1v) is 4.62. The summed E-state index contributed by atoms with van der Waals surface area (Å²) in [7, 11) is 0. The van der Waals surface area contributed by atoms with Crippen molar-refractivity contribution >= 4 is 5.97 Å². The Labute approximate surface area is 74.3 Å². The number of esters is 1. The van der Waals surface area contributed by atoms with Gasteiger partial charge in [-0.15, -0.1) is 0 Å². The first kappa shape index (κ1) is 11.4. The number of hydrogen-bond donors (Lipinski definition) is 1. The third-order valence-electron chi connectivity index (χ3n) is 1.81. The molecular formula is C9H19NO2. The second kappa shape index (κ2) is 7.10. The van der Waals surface area contributed by atoms with Crippen LogP contribution in [0.15, 0.2) is 0 Å². The van der Waals surface area contributed by atoms with Gasteiger partial charge in [-0.3, -0.25) is 4.79 Å². The van der Waals surface area contributed by atoms with E-state index >= 15 is 0 Å². The molecule has 0 aliphatic heterocycles. The van der Waals surface area contributed by atoms with Gasteiger partial charge in [0.25, 0.3) is 0 Å². The smallest absolute Gasteiger partial charge is 0.310 e. The Bertz CT molecular complexity index is 126. The summed E-state index contributed by atoms with van der Waals surface area (Å²) < 4.78 is 4.87. The van der Waals surface area contributed by atoms with Gasteiger partial charge in [0.1, 0.15) is 0 Å². The van der Waals surface area contributed by atoms with E-state index in [-0.39, 0.29) is 11.9 Å². The van der Waals surface area contributed by atoms with Crippen LogP contribution in [-0.2, 0) is 9.53 Å². The van der Waals surface area contributed by atoms with Crippen molar-refractivity contribution in [2.75, 3.05) is 13.2 Å². The highest BCUT2D eigenvalue weighted by atomic mass is 16.5. The van der Waals surface area contributed by atoms with Crippen LogP contribution in [0.1, 0.15) is 33.1 Å². The average Bonchev–Trinajstić information content (AvgIpc) is 2.06. The van der Waals surface area contributed by atoms with Crippen molar-refractivity contribution in [2.45, 2.75) is 33.1 Å². The Morgan fingerprint density at radius 1 is 1.50 bits per heavy atom. The van der Waals surface area contributed by atoms with E-state index in [0.29, 0.717) is 13.2 Å². The summed E-state index contributed by atoms with van der Waals surface area (Å²) in [6.45, 7) is 4.75. The molecule has 3 nitrogen and oxygen atoms in total. The second-order valence-corrected chi connectivity index (χ2v) is 2.83. The molecule has 0 aromatic rings. The minimum atomic E-state index is -0.145. The van der Waals surface area contributed by atoms with Gasteiger partial charge in [0, 0.05) is 6.54 Å². The zero-order valence-corrected chi connectivity index (χ0v) is 8.01. The predicted octanol–water partition coefficient (Wildman–Crippen LogP) is 1.31. The minimum absolute atomic E-state index is 0.0927. The summed E-state index contributed by atoms with van der Waals surface area (Å²) in [6.07, 6.45) is 2.99. The summed E-state index contributed by atoms with van der Waals surface area (Å²) in [6, 6.07) is 0. The van der Waals surface area contributed by atoms with Crippen molar-refractivity contribution in [3.05, 3.63) is 0 Å². The van der Waals surface area contributed by atoms with Crippen LogP contribution in [-0.4, -0.2) is 19.1 Å². The maximum absolute atomic E-state index is 11.2. The van der Waals surface area contributed by atoms with Crippen LogP contribution >= 0.6 is 0 Å². The van der Waals surface area contributed by atoms with E-state index in [1.807, 2.05) is 6.92 Å². The Kier molecular flexibility index (Phi) is 6.76. The van der Waals surface area contributed by atoms with Gasteiger partial charge in [0.05, 0.1) is 12.5 Å². The molecule has 0 aliphatic rings. The fraction of sp³-hybridized carbons (Fsp3) is 0.889. The van der Waals surface area contributed by atoms with Gasteiger partial charge in [-0.2, -0.15) is 0 Å². The van der Waals surface area contributed by atoms with Crippen LogP contribution < -0.4 is 5.73 Å². The van der Waals surface area contributed by atoms with Crippen LogP contribution in [0.5, 0.6) is 0 Å². The van der Waals surface area contributed by atoms with Gasteiger partial charge >= 0.3 is 5.97 Å². The molecule has 2 N–H and O–H groups in total. The monoisotopic (exact) mass is 173 g/mol. The molecule has 0 aromatic heterocycles. The first-order valence-electron chi connectivity index (χ1n) is 4.62. The van der Waals surface area contributed by atoms with Crippen molar-refractivity contribution in [3.8, 4) is 0 Å². The van der Waals surface area contributed by atoms with Crippen molar-refractivity contribution < 1.29 is 9.53 Å². The molecule has 1 unspecified atom stereocenters. The number of carbonyl (C=O) groups excluding carboxylic acids is 1. The lowest BCUT2D eigenvalue weighted by Gasteiger charge is -2.11. The predicted molar refractivity (Wildman–Crippen MR) is 48.7 cm³/mol. The van der Waals surface area contributed by atoms with Gasteiger partial charge in [0.2, 0.25) is 0 Å². The summed E-state index contributed by atoms with van der Waals surface area (Å²) >= 11 is 0. The topological polar surface area (TPSA) is 52.3 Å². The molecule has 1 atom stereocenters. The number of ether oxygens (including phenoxy) is 1. The molecule has 12 heavy (non-hydrogen) atoms. The van der Waals surface area contributed by atoms with Crippen molar-refractivity contribution in [1.82, 2.24) is 0 Å². The molecule has 0 fully saturated rings. The van der Waals surface area contributed by atoms with E-state index in [2.05, 4.69) is 6.92 Å². The molecule has 0 amide bonds. The molecule has 72 valence electrons. The highest BCUT2D eigenvalue weighted by Gasteiger charge is 2.16. The molecule has 3 heteroatoms. The lowest BCUT2D eigenvalue weighted by molar-refractivity contribution is -0.147. The van der Waals surface area contributed by atoms with E-state index in [1.165, 1.54) is 0 Å². The fourth-order valence-electron chi connectivity index (χ4n) is 1.04. The maximum Gasteiger partial charge on any atom is 0.310 e. The summed E-state index contributed by atoms with van der Waals surface area (Å²) in [5.41, 5.74) is 5.44. The summed E-state index contributed by atoms with van der Waals surface area (Å²) in [4.78, 5) is 11.2. The lowest BCUT2D eigenvalue weighted by Crippen LogP contribution is -2.25. The number of carbonyl (C=O) groups is 1. The summed E-state index contributed by atoms with van der Waals surface area (Å²) in [5.74, 6) is -0.238. The van der Waals surface area contributed by atoms with E-state index in [4.69, 9.17) is 10.5 Å². The third kappa shape index (κ3) is 4.34. The molecule has 0 rings (SSSR count). The van der Waals surface area contributed by atoms with Crippen molar-refractivity contribution in [1.29, 1.82) is 0 Å². The largest absolute Gasteiger partial charge is 0.466 e. The normalized spacial score (nSPS) is 12.6. The second-order valence-electron chi connectivity index (χ2n) is 2.83. The highest BCUT2D eigenvalue weighted by Crippen LogP contribution is 2.08. The third-order valence-corrected chi connectivity index (χ3v) is 1.81. The number of hydrogen-bond acceptors (Lipinski definition) is 3. The molecular weight excluding hydrogens is 154 g/mol. The maximum atomic E-state index is 11.2. The van der Waals surface area contributed by atoms with Crippen molar-refractivity contribution in [2.24, 2.45) is 11.7 Å². The van der Waals surface area contributed by atoms with E-state index in [9.17, 15) is 4.79 Å². The quantitative estimate of drug-likeness (QED) is 0.616. The van der Waals surface area contributed by atoms with Gasteiger partial charge in [-0.1, -0.05) is 19.8 Å². The standard InChI is InChI=1S/C9H19NO2/c1-3-5-6-8(7-10)9(11)12-4-2/h8H,3-7,10H2,1-2H3. The van der Waals surface area contributed by atoms with Crippen LogP contribution in [0, 0.1) is 5.92 Å².